The Morgan fingerprint density at radius 3 is 2.48 bits per heavy atom. The summed E-state index contributed by atoms with van der Waals surface area (Å²) in [7, 11) is -4.64. The second-order valence-electron chi connectivity index (χ2n) is 6.48. The molecule has 1 atom stereocenters. The van der Waals surface area contributed by atoms with Crippen LogP contribution in [0.15, 0.2) is 34.7 Å². The summed E-state index contributed by atoms with van der Waals surface area (Å²) in [5, 5.41) is 10.7. The normalized spacial score (nSPS) is 13.2. The molecule has 6 nitrogen and oxygen atoms in total. The summed E-state index contributed by atoms with van der Waals surface area (Å²) in [5.41, 5.74) is 0.743. The molecule has 2 rings (SSSR count). The first kappa shape index (κ1) is 20.0. The monoisotopic (exact) mass is 447 g/mol. The Bertz CT molecular complexity index is 778. The van der Waals surface area contributed by atoms with Gasteiger partial charge in [0.05, 0.1) is 4.83 Å². The van der Waals surface area contributed by atoms with Crippen LogP contribution in [0.4, 0.5) is 0 Å². The van der Waals surface area contributed by atoms with Crippen LogP contribution in [0.3, 0.4) is 0 Å². The number of halogens is 1. The van der Waals surface area contributed by atoms with Gasteiger partial charge in [-0.05, 0) is 26.1 Å². The Hall–Kier alpha value is -1.29. The van der Waals surface area contributed by atoms with Gasteiger partial charge < -0.3 is 13.9 Å². The van der Waals surface area contributed by atoms with Gasteiger partial charge >= 0.3 is 0 Å². The Kier molecular flexibility index (Phi) is 6.72. The van der Waals surface area contributed by atoms with E-state index in [9.17, 15) is 13.5 Å². The van der Waals surface area contributed by atoms with Crippen molar-refractivity contribution in [2.45, 2.75) is 30.9 Å². The van der Waals surface area contributed by atoms with Crippen LogP contribution in [0.2, 0.25) is 19.6 Å². The lowest BCUT2D eigenvalue weighted by atomic mass is 10.1. The number of thiol groups is 1. The first-order valence-corrected chi connectivity index (χ1v) is 13.3. The number of aromatic hydroxyl groups is 1. The van der Waals surface area contributed by atoms with Gasteiger partial charge in [-0.1, -0.05) is 46.3 Å². The lowest BCUT2D eigenvalue weighted by Gasteiger charge is -2.20. The second-order valence-corrected chi connectivity index (χ2v) is 12.8. The fourth-order valence-electron chi connectivity index (χ4n) is 2.23. The molecular formula is C16H22BrNO5SSi. The summed E-state index contributed by atoms with van der Waals surface area (Å²) in [4.78, 5) is -0.301. The molecule has 0 amide bonds. The van der Waals surface area contributed by atoms with E-state index in [1.165, 1.54) is 0 Å². The van der Waals surface area contributed by atoms with Crippen molar-refractivity contribution in [1.82, 2.24) is 4.72 Å². The Balaban J connectivity index is 2.39. The zero-order valence-electron chi connectivity index (χ0n) is 14.3. The maximum Gasteiger partial charge on any atom is 0.242 e. The van der Waals surface area contributed by atoms with Crippen LogP contribution in [-0.4, -0.2) is 28.4 Å². The first-order valence-electron chi connectivity index (χ1n) is 7.81. The van der Waals surface area contributed by atoms with E-state index in [0.29, 0.717) is 23.7 Å². The van der Waals surface area contributed by atoms with Crippen molar-refractivity contribution in [1.29, 1.82) is 0 Å². The molecule has 9 heteroatoms. The molecule has 138 valence electrons. The highest BCUT2D eigenvalue weighted by molar-refractivity contribution is 9.09. The third-order valence-corrected chi connectivity index (χ3v) is 5.41. The van der Waals surface area contributed by atoms with Gasteiger partial charge in [-0.15, -0.1) is 0 Å². The lowest BCUT2D eigenvalue weighted by Crippen LogP contribution is -2.29. The predicted molar refractivity (Wildman–Crippen MR) is 104 cm³/mol. The van der Waals surface area contributed by atoms with Gasteiger partial charge in [0.25, 0.3) is 0 Å². The first-order chi connectivity index (χ1) is 11.7. The fourth-order valence-corrected chi connectivity index (χ4v) is 3.89. The van der Waals surface area contributed by atoms with Crippen molar-refractivity contribution < 1.29 is 22.4 Å². The topological polar surface area (TPSA) is 88.8 Å². The van der Waals surface area contributed by atoms with Gasteiger partial charge in [-0.3, -0.25) is 0 Å². The standard InChI is InChI=1S/C16H22BrNO5SSi/c1-25(2,3)23-16-13(19)14(11-7-5-4-6-8-11)22-15(16)12(17)9-10-18-24(20)21/h4-8,12,19,24H,9-10H2,1-3H3,(H,18,20,21). The zero-order chi connectivity index (χ0) is 18.6. The summed E-state index contributed by atoms with van der Waals surface area (Å²) in [5.74, 6) is 1.10. The Labute approximate surface area is 158 Å². The summed E-state index contributed by atoms with van der Waals surface area (Å²) in [6.07, 6.45) is 0.451. The van der Waals surface area contributed by atoms with Crippen molar-refractivity contribution in [3.8, 4) is 22.8 Å². The molecular weight excluding hydrogens is 426 g/mol. The predicted octanol–water partition coefficient (Wildman–Crippen LogP) is 3.81. The molecule has 2 aromatic rings. The molecule has 0 saturated heterocycles. The van der Waals surface area contributed by atoms with E-state index in [4.69, 9.17) is 8.84 Å². The van der Waals surface area contributed by atoms with E-state index in [-0.39, 0.29) is 17.1 Å². The van der Waals surface area contributed by atoms with Crippen molar-refractivity contribution in [2.75, 3.05) is 6.54 Å². The third-order valence-electron chi connectivity index (χ3n) is 3.23. The molecule has 1 aromatic carbocycles. The summed E-state index contributed by atoms with van der Waals surface area (Å²) < 4.78 is 35.6. The molecule has 0 fully saturated rings. The molecule has 0 spiro atoms. The molecule has 0 saturated carbocycles. The molecule has 0 aliphatic rings. The number of furan rings is 1. The van der Waals surface area contributed by atoms with Crippen LogP contribution < -0.4 is 9.15 Å². The number of alkyl halides is 1. The molecule has 0 aliphatic heterocycles. The molecule has 1 unspecified atom stereocenters. The van der Waals surface area contributed by atoms with E-state index in [1.54, 1.807) is 0 Å². The van der Waals surface area contributed by atoms with Crippen molar-refractivity contribution >= 4 is 35.1 Å². The minimum absolute atomic E-state index is 0.0315. The Morgan fingerprint density at radius 2 is 1.92 bits per heavy atom. The average Bonchev–Trinajstić information content (AvgIpc) is 2.83. The van der Waals surface area contributed by atoms with Gasteiger partial charge in [0.15, 0.2) is 17.3 Å². The van der Waals surface area contributed by atoms with Gasteiger partial charge in [-0.25, -0.2) is 13.1 Å². The van der Waals surface area contributed by atoms with Crippen LogP contribution >= 0.6 is 15.9 Å². The summed E-state index contributed by atoms with van der Waals surface area (Å²) in [6.45, 7) is 6.29. The van der Waals surface area contributed by atoms with Gasteiger partial charge in [0.1, 0.15) is 0 Å². The number of nitrogens with one attached hydrogen (secondary N) is 1. The fraction of sp³-hybridized carbons (Fsp3) is 0.375. The number of hydrogen-bond donors (Lipinski definition) is 3. The zero-order valence-corrected chi connectivity index (χ0v) is 17.8. The van der Waals surface area contributed by atoms with E-state index < -0.39 is 19.2 Å². The highest BCUT2D eigenvalue weighted by Gasteiger charge is 2.30. The maximum atomic E-state index is 10.7. The molecule has 0 radical (unpaired) electrons. The quantitative estimate of drug-likeness (QED) is 0.325. The van der Waals surface area contributed by atoms with E-state index in [2.05, 4.69) is 20.7 Å². The molecule has 0 aliphatic carbocycles. The molecule has 1 aromatic heterocycles. The van der Waals surface area contributed by atoms with Crippen molar-refractivity contribution in [3.05, 3.63) is 36.1 Å². The van der Waals surface area contributed by atoms with Crippen LogP contribution in [0, 0.1) is 0 Å². The SMILES string of the molecule is C[Si](C)(C)Oc1c(C(Br)CCN[SH](=O)=O)oc(-c2ccccc2)c1O. The van der Waals surface area contributed by atoms with Crippen molar-refractivity contribution in [2.24, 2.45) is 0 Å². The number of benzene rings is 1. The largest absolute Gasteiger partial charge is 0.539 e. The molecule has 1 heterocycles. The van der Waals surface area contributed by atoms with Crippen LogP contribution in [0.25, 0.3) is 11.3 Å². The Morgan fingerprint density at radius 1 is 1.28 bits per heavy atom. The number of rotatable bonds is 8. The van der Waals surface area contributed by atoms with Gasteiger partial charge in [0.2, 0.25) is 25.0 Å². The van der Waals surface area contributed by atoms with E-state index >= 15 is 0 Å². The van der Waals surface area contributed by atoms with E-state index in [1.807, 2.05) is 50.0 Å². The number of hydrogen-bond acceptors (Lipinski definition) is 5. The van der Waals surface area contributed by atoms with Crippen molar-refractivity contribution in [3.63, 3.8) is 0 Å². The highest BCUT2D eigenvalue weighted by Crippen LogP contribution is 2.48. The maximum absolute atomic E-state index is 10.7. The lowest BCUT2D eigenvalue weighted by molar-refractivity contribution is 0.438. The van der Waals surface area contributed by atoms with Crippen LogP contribution in [-0.2, 0) is 10.9 Å². The summed E-state index contributed by atoms with van der Waals surface area (Å²) in [6, 6.07) is 9.28. The smallest absolute Gasteiger partial charge is 0.242 e. The summed E-state index contributed by atoms with van der Waals surface area (Å²) >= 11 is 3.51. The van der Waals surface area contributed by atoms with Gasteiger partial charge in [-0.2, -0.15) is 0 Å². The minimum atomic E-state index is -2.64. The van der Waals surface area contributed by atoms with Gasteiger partial charge in [0, 0.05) is 12.1 Å². The van der Waals surface area contributed by atoms with Crippen LogP contribution in [0.5, 0.6) is 11.5 Å². The van der Waals surface area contributed by atoms with Crippen LogP contribution in [0.1, 0.15) is 17.0 Å². The molecule has 25 heavy (non-hydrogen) atoms. The molecule has 2 N–H and O–H groups in total. The highest BCUT2D eigenvalue weighted by atomic mass is 79.9. The third kappa shape index (κ3) is 5.60. The molecule has 0 bridgehead atoms. The minimum Gasteiger partial charge on any atom is -0.539 e. The second kappa shape index (κ2) is 8.39. The average molecular weight is 448 g/mol. The van der Waals surface area contributed by atoms with E-state index in [0.717, 1.165) is 5.56 Å².